The van der Waals surface area contributed by atoms with Crippen LogP contribution in [0.15, 0.2) is 18.2 Å². The van der Waals surface area contributed by atoms with Crippen LogP contribution in [0.3, 0.4) is 0 Å². The molecule has 0 amide bonds. The third-order valence-electron chi connectivity index (χ3n) is 4.24. The summed E-state index contributed by atoms with van der Waals surface area (Å²) < 4.78 is 0. The van der Waals surface area contributed by atoms with Gasteiger partial charge in [0.05, 0.1) is 5.60 Å². The van der Waals surface area contributed by atoms with Crippen molar-refractivity contribution in [2.45, 2.75) is 31.8 Å². The number of benzene rings is 1. The number of hydrogen-bond acceptors (Lipinski definition) is 1. The molecule has 2 fully saturated rings. The quantitative estimate of drug-likeness (QED) is 0.774. The van der Waals surface area contributed by atoms with Crippen molar-refractivity contribution < 1.29 is 5.11 Å². The summed E-state index contributed by atoms with van der Waals surface area (Å²) in [5.74, 6) is 0.990. The van der Waals surface area contributed by atoms with Gasteiger partial charge in [0.1, 0.15) is 0 Å². The van der Waals surface area contributed by atoms with E-state index >= 15 is 0 Å². The number of aliphatic hydroxyl groups is 1. The lowest BCUT2D eigenvalue weighted by Gasteiger charge is -2.17. The Morgan fingerprint density at radius 2 is 2.00 bits per heavy atom. The Labute approximate surface area is 95.1 Å². The van der Waals surface area contributed by atoms with Crippen LogP contribution in [0, 0.1) is 18.8 Å². The Morgan fingerprint density at radius 3 is 2.67 bits per heavy atom. The molecule has 0 aromatic heterocycles. The minimum Gasteiger partial charge on any atom is -0.385 e. The van der Waals surface area contributed by atoms with E-state index in [2.05, 4.69) is 0 Å². The Bertz CT molecular complexity index is 403. The lowest BCUT2D eigenvalue weighted by Crippen LogP contribution is -2.14. The molecule has 3 rings (SSSR count). The van der Waals surface area contributed by atoms with E-state index in [4.69, 9.17) is 11.6 Å². The molecular weight excluding hydrogens is 208 g/mol. The largest absolute Gasteiger partial charge is 0.385 e. The molecule has 1 N–H and O–H groups in total. The highest BCUT2D eigenvalue weighted by atomic mass is 35.5. The van der Waals surface area contributed by atoms with Crippen LogP contribution in [0.4, 0.5) is 0 Å². The van der Waals surface area contributed by atoms with Crippen molar-refractivity contribution in [2.75, 3.05) is 0 Å². The molecule has 0 radical (unpaired) electrons. The molecule has 1 aromatic carbocycles. The molecule has 80 valence electrons. The van der Waals surface area contributed by atoms with Gasteiger partial charge in [0.2, 0.25) is 0 Å². The summed E-state index contributed by atoms with van der Waals surface area (Å²) in [6.07, 6.45) is 3.62. The van der Waals surface area contributed by atoms with E-state index in [1.807, 2.05) is 25.1 Å². The van der Waals surface area contributed by atoms with Gasteiger partial charge >= 0.3 is 0 Å². The Morgan fingerprint density at radius 1 is 1.33 bits per heavy atom. The van der Waals surface area contributed by atoms with Gasteiger partial charge in [-0.05, 0) is 48.8 Å². The van der Waals surface area contributed by atoms with E-state index in [-0.39, 0.29) is 0 Å². The molecule has 0 bridgehead atoms. The maximum absolute atomic E-state index is 10.6. The molecule has 2 heteroatoms. The van der Waals surface area contributed by atoms with Crippen LogP contribution in [-0.4, -0.2) is 5.11 Å². The van der Waals surface area contributed by atoms with E-state index in [0.29, 0.717) is 11.8 Å². The average molecular weight is 223 g/mol. The minimum atomic E-state index is -0.548. The lowest BCUT2D eigenvalue weighted by atomic mass is 9.95. The standard InChI is InChI=1S/C13H15ClO/c1-8-9(4-3-7-12(8)14)13(15)10-5-2-6-11(10)13/h3-4,7,10-11,15H,2,5-6H2,1H3. The molecule has 15 heavy (non-hydrogen) atoms. The summed E-state index contributed by atoms with van der Waals surface area (Å²) in [7, 11) is 0. The number of hydrogen-bond donors (Lipinski definition) is 1. The molecule has 2 saturated carbocycles. The number of rotatable bonds is 1. The first-order valence-corrected chi connectivity index (χ1v) is 6.01. The van der Waals surface area contributed by atoms with Gasteiger partial charge in [-0.1, -0.05) is 30.2 Å². The molecular formula is C13H15ClO. The topological polar surface area (TPSA) is 20.2 Å². The zero-order chi connectivity index (χ0) is 10.6. The summed E-state index contributed by atoms with van der Waals surface area (Å²) in [5.41, 5.74) is 1.56. The van der Waals surface area contributed by atoms with E-state index in [1.54, 1.807) is 0 Å². The van der Waals surface area contributed by atoms with Gasteiger partial charge in [0.15, 0.2) is 0 Å². The fourth-order valence-corrected chi connectivity index (χ4v) is 3.54. The van der Waals surface area contributed by atoms with Crippen LogP contribution in [-0.2, 0) is 5.60 Å². The first-order chi connectivity index (χ1) is 7.15. The summed E-state index contributed by atoms with van der Waals surface area (Å²) in [4.78, 5) is 0. The van der Waals surface area contributed by atoms with Gasteiger partial charge in [0, 0.05) is 5.02 Å². The van der Waals surface area contributed by atoms with Gasteiger partial charge in [-0.2, -0.15) is 0 Å². The van der Waals surface area contributed by atoms with Crippen LogP contribution in [0.2, 0.25) is 5.02 Å². The molecule has 0 heterocycles. The summed E-state index contributed by atoms with van der Waals surface area (Å²) in [6, 6.07) is 5.86. The average Bonchev–Trinajstić information content (AvgIpc) is 2.67. The molecule has 2 atom stereocenters. The van der Waals surface area contributed by atoms with Crippen molar-refractivity contribution in [3.05, 3.63) is 34.3 Å². The van der Waals surface area contributed by atoms with Gasteiger partial charge in [0.25, 0.3) is 0 Å². The van der Waals surface area contributed by atoms with E-state index in [9.17, 15) is 5.11 Å². The maximum atomic E-state index is 10.6. The molecule has 2 aliphatic rings. The summed E-state index contributed by atoms with van der Waals surface area (Å²) >= 11 is 6.09. The van der Waals surface area contributed by atoms with Crippen molar-refractivity contribution in [1.29, 1.82) is 0 Å². The van der Waals surface area contributed by atoms with E-state index in [1.165, 1.54) is 19.3 Å². The predicted molar refractivity (Wildman–Crippen MR) is 60.9 cm³/mol. The fraction of sp³-hybridized carbons (Fsp3) is 0.538. The Balaban J connectivity index is 2.04. The highest BCUT2D eigenvalue weighted by Crippen LogP contribution is 2.66. The van der Waals surface area contributed by atoms with Crippen molar-refractivity contribution >= 4 is 11.6 Å². The summed E-state index contributed by atoms with van der Waals surface area (Å²) in [5, 5.41) is 11.4. The van der Waals surface area contributed by atoms with Crippen LogP contribution in [0.5, 0.6) is 0 Å². The van der Waals surface area contributed by atoms with E-state index in [0.717, 1.165) is 16.1 Å². The number of fused-ring (bicyclic) bond motifs is 1. The fourth-order valence-electron chi connectivity index (χ4n) is 3.36. The van der Waals surface area contributed by atoms with Gasteiger partial charge in [-0.15, -0.1) is 0 Å². The zero-order valence-electron chi connectivity index (χ0n) is 8.83. The zero-order valence-corrected chi connectivity index (χ0v) is 9.59. The maximum Gasteiger partial charge on any atom is 0.0963 e. The molecule has 1 aromatic rings. The second-order valence-corrected chi connectivity index (χ2v) is 5.29. The van der Waals surface area contributed by atoms with Gasteiger partial charge in [-0.3, -0.25) is 0 Å². The normalized spacial score (nSPS) is 37.8. The van der Waals surface area contributed by atoms with Gasteiger partial charge < -0.3 is 5.11 Å². The van der Waals surface area contributed by atoms with Crippen LogP contribution in [0.1, 0.15) is 30.4 Å². The molecule has 0 saturated heterocycles. The molecule has 0 aliphatic heterocycles. The second-order valence-electron chi connectivity index (χ2n) is 4.88. The van der Waals surface area contributed by atoms with Crippen LogP contribution >= 0.6 is 11.6 Å². The van der Waals surface area contributed by atoms with Crippen molar-refractivity contribution in [3.63, 3.8) is 0 Å². The Kier molecular flexibility index (Phi) is 1.93. The predicted octanol–water partition coefficient (Wildman–Crippen LogP) is 3.27. The SMILES string of the molecule is Cc1c(Cl)cccc1C1(O)C2CCCC21. The Hall–Kier alpha value is -0.530. The first-order valence-electron chi connectivity index (χ1n) is 5.63. The molecule has 1 nitrogen and oxygen atoms in total. The minimum absolute atomic E-state index is 0.495. The first kappa shape index (κ1) is 9.68. The monoisotopic (exact) mass is 222 g/mol. The van der Waals surface area contributed by atoms with Crippen LogP contribution < -0.4 is 0 Å². The lowest BCUT2D eigenvalue weighted by molar-refractivity contribution is 0.105. The highest BCUT2D eigenvalue weighted by molar-refractivity contribution is 6.31. The van der Waals surface area contributed by atoms with Gasteiger partial charge in [-0.25, -0.2) is 0 Å². The van der Waals surface area contributed by atoms with Crippen molar-refractivity contribution in [2.24, 2.45) is 11.8 Å². The molecule has 2 unspecified atom stereocenters. The third-order valence-corrected chi connectivity index (χ3v) is 4.65. The third kappa shape index (κ3) is 1.14. The number of halogens is 1. The second kappa shape index (κ2) is 2.99. The van der Waals surface area contributed by atoms with Crippen molar-refractivity contribution in [1.82, 2.24) is 0 Å². The van der Waals surface area contributed by atoms with E-state index < -0.39 is 5.60 Å². The molecule has 2 aliphatic carbocycles. The smallest absolute Gasteiger partial charge is 0.0963 e. The van der Waals surface area contributed by atoms with Crippen molar-refractivity contribution in [3.8, 4) is 0 Å². The summed E-state index contributed by atoms with van der Waals surface area (Å²) in [6.45, 7) is 2.00. The highest BCUT2D eigenvalue weighted by Gasteiger charge is 2.66. The van der Waals surface area contributed by atoms with Crippen LogP contribution in [0.25, 0.3) is 0 Å². The molecule has 0 spiro atoms.